The van der Waals surface area contributed by atoms with Gasteiger partial charge in [0.1, 0.15) is 5.82 Å². The summed E-state index contributed by atoms with van der Waals surface area (Å²) in [5.41, 5.74) is 0.624. The summed E-state index contributed by atoms with van der Waals surface area (Å²) in [6.45, 7) is 3.49. The highest BCUT2D eigenvalue weighted by Crippen LogP contribution is 2.31. The van der Waals surface area contributed by atoms with E-state index in [4.69, 9.17) is 4.52 Å². The van der Waals surface area contributed by atoms with Crippen molar-refractivity contribution >= 4 is 10.9 Å². The number of fused-ring (bicyclic) bond motifs is 1. The normalized spacial score (nSPS) is 18.5. The van der Waals surface area contributed by atoms with E-state index in [2.05, 4.69) is 25.0 Å². The molecule has 1 atom stereocenters. The second-order valence-corrected chi connectivity index (χ2v) is 6.06. The van der Waals surface area contributed by atoms with Gasteiger partial charge in [0.2, 0.25) is 5.89 Å². The van der Waals surface area contributed by atoms with E-state index in [1.807, 2.05) is 25.1 Å². The molecule has 7 heteroatoms. The number of likely N-dealkylation sites (tertiary alicyclic amines) is 1. The fourth-order valence-electron chi connectivity index (χ4n) is 3.26. The molecule has 1 aliphatic heterocycles. The lowest BCUT2D eigenvalue weighted by Crippen LogP contribution is -2.26. The van der Waals surface area contributed by atoms with Gasteiger partial charge in [-0.3, -0.25) is 9.69 Å². The Morgan fingerprint density at radius 2 is 2.21 bits per heavy atom. The van der Waals surface area contributed by atoms with E-state index in [0.29, 0.717) is 23.6 Å². The number of aromatic nitrogens is 4. The number of hydrogen-bond acceptors (Lipinski definition) is 6. The van der Waals surface area contributed by atoms with Crippen LogP contribution in [0.3, 0.4) is 0 Å². The number of H-pyrrole nitrogens is 1. The fraction of sp³-hybridized carbons (Fsp3) is 0.412. The zero-order valence-electron chi connectivity index (χ0n) is 13.5. The Kier molecular flexibility index (Phi) is 3.86. The number of nitrogens with zero attached hydrogens (tertiary/aromatic N) is 4. The largest absolute Gasteiger partial charge is 0.339 e. The van der Waals surface area contributed by atoms with E-state index < -0.39 is 0 Å². The van der Waals surface area contributed by atoms with Crippen LogP contribution < -0.4 is 5.56 Å². The quantitative estimate of drug-likeness (QED) is 0.791. The first-order chi connectivity index (χ1) is 11.7. The molecule has 2 aromatic heterocycles. The minimum absolute atomic E-state index is 0.0980. The van der Waals surface area contributed by atoms with Crippen LogP contribution in [0.1, 0.15) is 43.3 Å². The van der Waals surface area contributed by atoms with E-state index in [1.54, 1.807) is 6.07 Å². The van der Waals surface area contributed by atoms with Gasteiger partial charge in [-0.15, -0.1) is 0 Å². The standard InChI is InChI=1S/C17H19N5O2/c1-2-15-20-16(21-24-15)13-8-5-9-22(13)10-14-18-12-7-4-3-6-11(12)17(23)19-14/h3-4,6-7,13H,2,5,8-10H2,1H3,(H,18,19,23). The van der Waals surface area contributed by atoms with Crippen LogP contribution in [-0.4, -0.2) is 31.6 Å². The number of aromatic amines is 1. The second kappa shape index (κ2) is 6.16. The number of hydrogen-bond donors (Lipinski definition) is 1. The van der Waals surface area contributed by atoms with Crippen LogP contribution in [0.25, 0.3) is 10.9 Å². The number of para-hydroxylation sites is 1. The van der Waals surface area contributed by atoms with Gasteiger partial charge in [-0.25, -0.2) is 4.98 Å². The summed E-state index contributed by atoms with van der Waals surface area (Å²) >= 11 is 0. The third-order valence-corrected chi connectivity index (χ3v) is 4.46. The molecule has 3 aromatic rings. The summed E-state index contributed by atoms with van der Waals surface area (Å²) in [6, 6.07) is 7.50. The number of rotatable bonds is 4. The van der Waals surface area contributed by atoms with Crippen LogP contribution in [0.5, 0.6) is 0 Å². The molecule has 1 unspecified atom stereocenters. The molecule has 0 saturated carbocycles. The molecule has 1 aromatic carbocycles. The van der Waals surface area contributed by atoms with Crippen molar-refractivity contribution in [2.75, 3.05) is 6.54 Å². The van der Waals surface area contributed by atoms with Gasteiger partial charge in [0.05, 0.1) is 23.5 Å². The van der Waals surface area contributed by atoms with Crippen LogP contribution in [0.2, 0.25) is 0 Å². The summed E-state index contributed by atoms with van der Waals surface area (Å²) in [6.07, 6.45) is 2.79. The molecule has 4 rings (SSSR count). The Labute approximate surface area is 138 Å². The topological polar surface area (TPSA) is 87.9 Å². The average molecular weight is 325 g/mol. The SMILES string of the molecule is CCc1nc(C2CCCN2Cc2nc3ccccc3c(=O)[nH]2)no1. The van der Waals surface area contributed by atoms with Crippen molar-refractivity contribution in [3.05, 3.63) is 52.2 Å². The Balaban J connectivity index is 1.61. The summed E-state index contributed by atoms with van der Waals surface area (Å²) in [5.74, 6) is 2.06. The molecule has 124 valence electrons. The second-order valence-electron chi connectivity index (χ2n) is 6.06. The minimum Gasteiger partial charge on any atom is -0.339 e. The van der Waals surface area contributed by atoms with Crippen molar-refractivity contribution in [1.29, 1.82) is 0 Å². The highest BCUT2D eigenvalue weighted by Gasteiger charge is 2.30. The maximum atomic E-state index is 12.2. The van der Waals surface area contributed by atoms with Crippen molar-refractivity contribution in [1.82, 2.24) is 25.0 Å². The molecule has 0 radical (unpaired) electrons. The Morgan fingerprint density at radius 3 is 3.04 bits per heavy atom. The summed E-state index contributed by atoms with van der Waals surface area (Å²) < 4.78 is 5.24. The van der Waals surface area contributed by atoms with Gasteiger partial charge in [-0.2, -0.15) is 4.98 Å². The molecule has 24 heavy (non-hydrogen) atoms. The molecule has 7 nitrogen and oxygen atoms in total. The third-order valence-electron chi connectivity index (χ3n) is 4.46. The summed E-state index contributed by atoms with van der Waals surface area (Å²) in [7, 11) is 0. The third kappa shape index (κ3) is 2.71. The predicted molar refractivity (Wildman–Crippen MR) is 88.4 cm³/mol. The lowest BCUT2D eigenvalue weighted by atomic mass is 10.2. The highest BCUT2D eigenvalue weighted by atomic mass is 16.5. The molecule has 3 heterocycles. The van der Waals surface area contributed by atoms with Crippen LogP contribution in [0, 0.1) is 0 Å². The van der Waals surface area contributed by atoms with Gasteiger partial charge in [-0.1, -0.05) is 24.2 Å². The van der Waals surface area contributed by atoms with Crippen LogP contribution in [0.15, 0.2) is 33.6 Å². The molecular weight excluding hydrogens is 306 g/mol. The molecule has 1 aliphatic rings. The molecule has 1 fully saturated rings. The van der Waals surface area contributed by atoms with E-state index >= 15 is 0 Å². The first-order valence-electron chi connectivity index (χ1n) is 8.29. The van der Waals surface area contributed by atoms with Crippen molar-refractivity contribution in [2.45, 2.75) is 38.8 Å². The lowest BCUT2D eigenvalue weighted by molar-refractivity contribution is 0.228. The lowest BCUT2D eigenvalue weighted by Gasteiger charge is -2.21. The van der Waals surface area contributed by atoms with E-state index in [9.17, 15) is 4.79 Å². The molecular formula is C17H19N5O2. The van der Waals surface area contributed by atoms with Crippen molar-refractivity contribution in [2.24, 2.45) is 0 Å². The van der Waals surface area contributed by atoms with Crippen molar-refractivity contribution in [3.8, 4) is 0 Å². The maximum absolute atomic E-state index is 12.2. The Bertz CT molecular complexity index is 916. The van der Waals surface area contributed by atoms with E-state index in [0.717, 1.165) is 37.1 Å². The molecule has 0 aliphatic carbocycles. The summed E-state index contributed by atoms with van der Waals surface area (Å²) in [4.78, 5) is 26.4. The van der Waals surface area contributed by atoms with Crippen molar-refractivity contribution in [3.63, 3.8) is 0 Å². The van der Waals surface area contributed by atoms with E-state index in [-0.39, 0.29) is 11.6 Å². The smallest absolute Gasteiger partial charge is 0.258 e. The number of nitrogens with one attached hydrogen (secondary N) is 1. The predicted octanol–water partition coefficient (Wildman–Crippen LogP) is 2.21. The van der Waals surface area contributed by atoms with Gasteiger partial charge in [-0.05, 0) is 31.5 Å². The zero-order chi connectivity index (χ0) is 16.5. The van der Waals surface area contributed by atoms with Crippen LogP contribution in [0.4, 0.5) is 0 Å². The average Bonchev–Trinajstić information content (AvgIpc) is 3.23. The van der Waals surface area contributed by atoms with Gasteiger partial charge in [0.15, 0.2) is 5.82 Å². The van der Waals surface area contributed by atoms with E-state index in [1.165, 1.54) is 0 Å². The molecule has 1 saturated heterocycles. The van der Waals surface area contributed by atoms with Crippen LogP contribution >= 0.6 is 0 Å². The van der Waals surface area contributed by atoms with Gasteiger partial charge in [0, 0.05) is 6.42 Å². The minimum atomic E-state index is -0.0980. The maximum Gasteiger partial charge on any atom is 0.258 e. The molecule has 0 amide bonds. The number of benzene rings is 1. The summed E-state index contributed by atoms with van der Waals surface area (Å²) in [5, 5.41) is 4.72. The molecule has 0 bridgehead atoms. The molecule has 0 spiro atoms. The van der Waals surface area contributed by atoms with Crippen LogP contribution in [-0.2, 0) is 13.0 Å². The van der Waals surface area contributed by atoms with Gasteiger partial charge in [0.25, 0.3) is 5.56 Å². The Hall–Kier alpha value is -2.54. The Morgan fingerprint density at radius 1 is 1.33 bits per heavy atom. The fourth-order valence-corrected chi connectivity index (χ4v) is 3.26. The zero-order valence-corrected chi connectivity index (χ0v) is 13.5. The first kappa shape index (κ1) is 15.0. The number of aryl methyl sites for hydroxylation is 1. The molecule has 1 N–H and O–H groups in total. The van der Waals surface area contributed by atoms with Crippen molar-refractivity contribution < 1.29 is 4.52 Å². The van der Waals surface area contributed by atoms with Gasteiger partial charge < -0.3 is 9.51 Å². The first-order valence-corrected chi connectivity index (χ1v) is 8.29. The monoisotopic (exact) mass is 325 g/mol. The highest BCUT2D eigenvalue weighted by molar-refractivity contribution is 5.77. The van der Waals surface area contributed by atoms with Gasteiger partial charge >= 0.3 is 0 Å².